The lowest BCUT2D eigenvalue weighted by Gasteiger charge is -2.24. The Balaban J connectivity index is 1.96. The average molecular weight is 242 g/mol. The van der Waals surface area contributed by atoms with Gasteiger partial charge in [-0.1, -0.05) is 5.16 Å². The number of hydrogen-bond donors (Lipinski definition) is 2. The maximum absolute atomic E-state index is 12.0. The van der Waals surface area contributed by atoms with Crippen LogP contribution in [0.4, 0.5) is 0 Å². The molecule has 1 amide bonds. The fraction of sp³-hybridized carbons (Fsp3) is 0.700. The van der Waals surface area contributed by atoms with Gasteiger partial charge in [0.15, 0.2) is 5.71 Å². The first-order chi connectivity index (χ1) is 8.13. The van der Waals surface area contributed by atoms with Crippen LogP contribution in [-0.2, 0) is 14.4 Å². The van der Waals surface area contributed by atoms with Crippen molar-refractivity contribution in [2.75, 3.05) is 13.2 Å². The number of carbonyl (C=O) groups is 2. The summed E-state index contributed by atoms with van der Waals surface area (Å²) in [6.07, 6.45) is 0.744. The molecule has 7 heteroatoms. The zero-order chi connectivity index (χ0) is 12.4. The molecule has 2 aliphatic heterocycles. The summed E-state index contributed by atoms with van der Waals surface area (Å²) in [6, 6.07) is -0.181. The van der Waals surface area contributed by atoms with Gasteiger partial charge in [-0.2, -0.15) is 0 Å². The van der Waals surface area contributed by atoms with Gasteiger partial charge in [-0.3, -0.25) is 4.79 Å². The molecule has 2 N–H and O–H groups in total. The molecule has 7 nitrogen and oxygen atoms in total. The predicted octanol–water partition coefficient (Wildman–Crippen LogP) is -0.801. The van der Waals surface area contributed by atoms with Gasteiger partial charge in [-0.15, -0.1) is 0 Å². The zero-order valence-electron chi connectivity index (χ0n) is 9.20. The van der Waals surface area contributed by atoms with Gasteiger partial charge in [0.1, 0.15) is 0 Å². The number of amides is 1. The van der Waals surface area contributed by atoms with Crippen LogP contribution in [0, 0.1) is 0 Å². The summed E-state index contributed by atoms with van der Waals surface area (Å²) in [5.41, 5.74) is -0.136. The molecule has 2 heterocycles. The molecular weight excluding hydrogens is 228 g/mol. The molecule has 0 bridgehead atoms. The number of rotatable bonds is 3. The molecule has 1 saturated heterocycles. The number of aliphatic hydroxyl groups excluding tert-OH is 1. The molecule has 0 radical (unpaired) electrons. The minimum Gasteiger partial charge on any atom is -0.477 e. The lowest BCUT2D eigenvalue weighted by molar-refractivity contribution is -0.143. The van der Waals surface area contributed by atoms with Crippen LogP contribution in [-0.4, -0.2) is 58.0 Å². The highest BCUT2D eigenvalue weighted by molar-refractivity contribution is 6.36. The van der Waals surface area contributed by atoms with E-state index < -0.39 is 12.1 Å². The molecule has 2 atom stereocenters. The fourth-order valence-electron chi connectivity index (χ4n) is 2.14. The summed E-state index contributed by atoms with van der Waals surface area (Å²) in [4.78, 5) is 29.0. The first kappa shape index (κ1) is 11.8. The molecule has 2 rings (SSSR count). The second-order valence-corrected chi connectivity index (χ2v) is 4.15. The second-order valence-electron chi connectivity index (χ2n) is 4.15. The first-order valence-corrected chi connectivity index (χ1v) is 5.50. The number of carboxylic acids is 1. The molecule has 2 unspecified atom stereocenters. The van der Waals surface area contributed by atoms with Crippen LogP contribution >= 0.6 is 0 Å². The van der Waals surface area contributed by atoms with Gasteiger partial charge in [0.05, 0.1) is 12.6 Å². The Morgan fingerprint density at radius 3 is 2.88 bits per heavy atom. The number of aliphatic hydroxyl groups is 1. The Morgan fingerprint density at radius 1 is 1.53 bits per heavy atom. The zero-order valence-corrected chi connectivity index (χ0v) is 9.20. The van der Waals surface area contributed by atoms with Gasteiger partial charge in [-0.25, -0.2) is 4.79 Å². The second kappa shape index (κ2) is 4.70. The predicted molar refractivity (Wildman–Crippen MR) is 56.4 cm³/mol. The summed E-state index contributed by atoms with van der Waals surface area (Å²) in [7, 11) is 0. The van der Waals surface area contributed by atoms with Crippen molar-refractivity contribution in [3.05, 3.63) is 0 Å². The third-order valence-electron chi connectivity index (χ3n) is 3.06. The van der Waals surface area contributed by atoms with Crippen LogP contribution in [0.2, 0.25) is 0 Å². The van der Waals surface area contributed by atoms with Gasteiger partial charge in [-0.05, 0) is 12.8 Å². The van der Waals surface area contributed by atoms with Crippen molar-refractivity contribution < 1.29 is 24.6 Å². The quantitative estimate of drug-likeness (QED) is 0.675. The van der Waals surface area contributed by atoms with E-state index in [1.54, 1.807) is 4.90 Å². The van der Waals surface area contributed by atoms with Crippen molar-refractivity contribution in [1.29, 1.82) is 0 Å². The van der Waals surface area contributed by atoms with Crippen molar-refractivity contribution in [3.63, 3.8) is 0 Å². The summed E-state index contributed by atoms with van der Waals surface area (Å²) in [6.45, 7) is 0.497. The van der Waals surface area contributed by atoms with Crippen molar-refractivity contribution in [1.82, 2.24) is 4.90 Å². The lowest BCUT2D eigenvalue weighted by atomic mass is 10.1. The van der Waals surface area contributed by atoms with Gasteiger partial charge in [0.25, 0.3) is 5.91 Å². The van der Waals surface area contributed by atoms with E-state index in [9.17, 15) is 9.59 Å². The van der Waals surface area contributed by atoms with Crippen molar-refractivity contribution in [3.8, 4) is 0 Å². The van der Waals surface area contributed by atoms with Crippen LogP contribution in [0.5, 0.6) is 0 Å². The number of carboxylic acid groups (broad SMARTS) is 1. The fourth-order valence-corrected chi connectivity index (χ4v) is 2.14. The van der Waals surface area contributed by atoms with Crippen molar-refractivity contribution >= 4 is 17.6 Å². The molecule has 0 aromatic heterocycles. The van der Waals surface area contributed by atoms with E-state index >= 15 is 0 Å². The Bertz CT molecular complexity index is 368. The molecule has 2 aliphatic rings. The lowest BCUT2D eigenvalue weighted by Crippen LogP contribution is -2.43. The molecule has 0 saturated carbocycles. The van der Waals surface area contributed by atoms with Crippen LogP contribution < -0.4 is 0 Å². The molecule has 0 aromatic carbocycles. The third-order valence-corrected chi connectivity index (χ3v) is 3.06. The summed E-state index contributed by atoms with van der Waals surface area (Å²) in [5, 5.41) is 21.2. The number of nitrogens with zero attached hydrogens (tertiary/aromatic N) is 2. The highest BCUT2D eigenvalue weighted by Crippen LogP contribution is 2.21. The highest BCUT2D eigenvalue weighted by atomic mass is 16.6. The molecule has 0 aromatic rings. The molecule has 17 heavy (non-hydrogen) atoms. The smallest absolute Gasteiger partial charge is 0.353 e. The van der Waals surface area contributed by atoms with Crippen LogP contribution in [0.15, 0.2) is 5.16 Å². The van der Waals surface area contributed by atoms with E-state index in [0.29, 0.717) is 6.54 Å². The Morgan fingerprint density at radius 2 is 2.29 bits per heavy atom. The maximum atomic E-state index is 12.0. The number of aliphatic carboxylic acids is 1. The van der Waals surface area contributed by atoms with E-state index in [0.717, 1.165) is 12.8 Å². The normalized spacial score (nSPS) is 27.8. The van der Waals surface area contributed by atoms with Crippen LogP contribution in [0.3, 0.4) is 0 Å². The first-order valence-electron chi connectivity index (χ1n) is 5.50. The van der Waals surface area contributed by atoms with Crippen molar-refractivity contribution in [2.24, 2.45) is 5.16 Å². The average Bonchev–Trinajstić information content (AvgIpc) is 2.96. The Kier molecular flexibility index (Phi) is 3.28. The van der Waals surface area contributed by atoms with E-state index in [1.807, 2.05) is 0 Å². The number of likely N-dealkylation sites (tertiary alicyclic amines) is 1. The highest BCUT2D eigenvalue weighted by Gasteiger charge is 2.38. The molecule has 94 valence electrons. The minimum atomic E-state index is -1.17. The van der Waals surface area contributed by atoms with E-state index in [4.69, 9.17) is 15.1 Å². The standard InChI is InChI=1S/C10H14N2O5/c13-5-6-2-1-3-12(6)9(14)8-4-7(10(15)16)11-17-8/h6,8,13H,1-5H2,(H,15,16). The van der Waals surface area contributed by atoms with E-state index in [-0.39, 0.29) is 30.7 Å². The number of carbonyl (C=O) groups excluding carboxylic acids is 1. The monoisotopic (exact) mass is 242 g/mol. The number of hydrogen-bond acceptors (Lipinski definition) is 5. The van der Waals surface area contributed by atoms with Gasteiger partial charge in [0, 0.05) is 13.0 Å². The third kappa shape index (κ3) is 2.23. The molecule has 1 fully saturated rings. The van der Waals surface area contributed by atoms with E-state index in [1.165, 1.54) is 0 Å². The summed E-state index contributed by atoms with van der Waals surface area (Å²) in [5.74, 6) is -1.46. The topological polar surface area (TPSA) is 99.4 Å². The van der Waals surface area contributed by atoms with Crippen LogP contribution in [0.25, 0.3) is 0 Å². The van der Waals surface area contributed by atoms with Gasteiger partial charge >= 0.3 is 5.97 Å². The van der Waals surface area contributed by atoms with Gasteiger partial charge in [0.2, 0.25) is 6.10 Å². The summed E-state index contributed by atoms with van der Waals surface area (Å²) < 4.78 is 0. The van der Waals surface area contributed by atoms with Crippen molar-refractivity contribution in [2.45, 2.75) is 31.4 Å². The molecular formula is C10H14N2O5. The SMILES string of the molecule is O=C(O)C1=NOC(C(=O)N2CCCC2CO)C1. The van der Waals surface area contributed by atoms with E-state index in [2.05, 4.69) is 5.16 Å². The Labute approximate surface area is 97.6 Å². The number of oxime groups is 1. The van der Waals surface area contributed by atoms with Gasteiger partial charge < -0.3 is 20.0 Å². The summed E-state index contributed by atoms with van der Waals surface area (Å²) >= 11 is 0. The molecule has 0 aliphatic carbocycles. The maximum Gasteiger partial charge on any atom is 0.353 e. The minimum absolute atomic E-state index is 0.0111. The largest absolute Gasteiger partial charge is 0.477 e. The van der Waals surface area contributed by atoms with Crippen LogP contribution in [0.1, 0.15) is 19.3 Å². The molecule has 0 spiro atoms. The Hall–Kier alpha value is -1.63.